The molecule has 7 heteroatoms. The molecule has 17 heavy (non-hydrogen) atoms. The predicted octanol–water partition coefficient (Wildman–Crippen LogP) is 1.84. The van der Waals surface area contributed by atoms with E-state index in [0.29, 0.717) is 18.1 Å². The van der Waals surface area contributed by atoms with Gasteiger partial charge in [-0.3, -0.25) is 0 Å². The Labute approximate surface area is 104 Å². The number of anilines is 1. The monoisotopic (exact) mass is 255 g/mol. The largest absolute Gasteiger partial charge is 0.382 e. The SMILES string of the molecule is COCC(C)(C)Nc1nc(Cl)nc2nc[nH]c12. The summed E-state index contributed by atoms with van der Waals surface area (Å²) in [5, 5.41) is 3.42. The molecule has 92 valence electrons. The molecule has 2 rings (SSSR count). The van der Waals surface area contributed by atoms with Crippen LogP contribution < -0.4 is 5.32 Å². The summed E-state index contributed by atoms with van der Waals surface area (Å²) in [4.78, 5) is 15.2. The number of aromatic nitrogens is 4. The minimum Gasteiger partial charge on any atom is -0.382 e. The molecule has 0 bridgehead atoms. The summed E-state index contributed by atoms with van der Waals surface area (Å²) in [5.74, 6) is 0.625. The predicted molar refractivity (Wildman–Crippen MR) is 66.3 cm³/mol. The molecule has 0 saturated heterocycles. The second-order valence-electron chi connectivity index (χ2n) is 4.38. The normalized spacial score (nSPS) is 12.0. The van der Waals surface area contributed by atoms with Gasteiger partial charge in [0, 0.05) is 7.11 Å². The number of H-pyrrole nitrogens is 1. The van der Waals surface area contributed by atoms with Crippen molar-refractivity contribution in [2.75, 3.05) is 19.0 Å². The maximum absolute atomic E-state index is 5.84. The number of hydrogen-bond acceptors (Lipinski definition) is 5. The Morgan fingerprint density at radius 3 is 2.94 bits per heavy atom. The van der Waals surface area contributed by atoms with Gasteiger partial charge in [-0.15, -0.1) is 0 Å². The van der Waals surface area contributed by atoms with E-state index < -0.39 is 0 Å². The molecule has 0 aliphatic carbocycles. The number of methoxy groups -OCH3 is 1. The number of halogens is 1. The lowest BCUT2D eigenvalue weighted by Gasteiger charge is -2.25. The highest BCUT2D eigenvalue weighted by Crippen LogP contribution is 2.22. The van der Waals surface area contributed by atoms with Crippen molar-refractivity contribution >= 4 is 28.6 Å². The first-order valence-corrected chi connectivity index (χ1v) is 5.53. The van der Waals surface area contributed by atoms with Crippen LogP contribution in [0.4, 0.5) is 5.82 Å². The molecule has 0 aromatic carbocycles. The van der Waals surface area contributed by atoms with Gasteiger partial charge in [-0.25, -0.2) is 4.98 Å². The molecule has 0 radical (unpaired) electrons. The van der Waals surface area contributed by atoms with E-state index in [4.69, 9.17) is 16.3 Å². The van der Waals surface area contributed by atoms with Crippen LogP contribution >= 0.6 is 11.6 Å². The number of fused-ring (bicyclic) bond motifs is 1. The molecular weight excluding hydrogens is 242 g/mol. The van der Waals surface area contributed by atoms with E-state index in [-0.39, 0.29) is 10.8 Å². The molecule has 0 aliphatic rings. The van der Waals surface area contributed by atoms with Crippen LogP contribution in [0, 0.1) is 0 Å². The highest BCUT2D eigenvalue weighted by molar-refractivity contribution is 6.28. The molecule has 0 atom stereocenters. The topological polar surface area (TPSA) is 75.7 Å². The minimum atomic E-state index is -0.259. The Morgan fingerprint density at radius 2 is 2.24 bits per heavy atom. The molecule has 0 saturated carbocycles. The van der Waals surface area contributed by atoms with Gasteiger partial charge in [0.05, 0.1) is 18.5 Å². The van der Waals surface area contributed by atoms with Crippen LogP contribution in [-0.2, 0) is 4.74 Å². The van der Waals surface area contributed by atoms with Crippen LogP contribution in [0.1, 0.15) is 13.8 Å². The fourth-order valence-electron chi connectivity index (χ4n) is 1.61. The number of ether oxygens (including phenoxy) is 1. The highest BCUT2D eigenvalue weighted by Gasteiger charge is 2.20. The van der Waals surface area contributed by atoms with E-state index in [1.807, 2.05) is 13.8 Å². The van der Waals surface area contributed by atoms with Gasteiger partial charge in [0.15, 0.2) is 11.5 Å². The third kappa shape index (κ3) is 2.65. The van der Waals surface area contributed by atoms with Crippen LogP contribution in [0.2, 0.25) is 5.28 Å². The molecule has 2 heterocycles. The van der Waals surface area contributed by atoms with Gasteiger partial charge in [-0.2, -0.15) is 9.97 Å². The zero-order chi connectivity index (χ0) is 12.5. The van der Waals surface area contributed by atoms with Crippen LogP contribution in [-0.4, -0.2) is 39.2 Å². The van der Waals surface area contributed by atoms with Gasteiger partial charge >= 0.3 is 0 Å². The number of aromatic amines is 1. The summed E-state index contributed by atoms with van der Waals surface area (Å²) in [7, 11) is 1.65. The van der Waals surface area contributed by atoms with Gasteiger partial charge in [0.1, 0.15) is 5.52 Å². The molecule has 2 aromatic heterocycles. The van der Waals surface area contributed by atoms with E-state index in [0.717, 1.165) is 5.52 Å². The van der Waals surface area contributed by atoms with Crippen molar-refractivity contribution in [3.05, 3.63) is 11.6 Å². The molecule has 0 unspecified atom stereocenters. The number of hydrogen-bond donors (Lipinski definition) is 2. The third-order valence-corrected chi connectivity index (χ3v) is 2.39. The standard InChI is InChI=1S/C10H14ClN5O/c1-10(2,4-17-3)16-8-6-7(13-5-12-6)14-9(11)15-8/h5H,4H2,1-3H3,(H2,12,13,14,15,16). The number of rotatable bonds is 4. The summed E-state index contributed by atoms with van der Waals surface area (Å²) in [5.41, 5.74) is 1.02. The molecule has 0 spiro atoms. The van der Waals surface area contributed by atoms with Crippen molar-refractivity contribution in [1.29, 1.82) is 0 Å². The molecule has 2 aromatic rings. The zero-order valence-electron chi connectivity index (χ0n) is 9.91. The van der Waals surface area contributed by atoms with E-state index in [2.05, 4.69) is 25.3 Å². The maximum atomic E-state index is 5.84. The van der Waals surface area contributed by atoms with Crippen molar-refractivity contribution < 1.29 is 4.74 Å². The average Bonchev–Trinajstić information content (AvgIpc) is 2.64. The molecule has 0 aliphatic heterocycles. The van der Waals surface area contributed by atoms with Crippen LogP contribution in [0.15, 0.2) is 6.33 Å². The number of nitrogens with zero attached hydrogens (tertiary/aromatic N) is 3. The Balaban J connectivity index is 2.37. The third-order valence-electron chi connectivity index (χ3n) is 2.22. The summed E-state index contributed by atoms with van der Waals surface area (Å²) in [6.07, 6.45) is 1.56. The van der Waals surface area contributed by atoms with Gasteiger partial charge in [-0.05, 0) is 25.4 Å². The second kappa shape index (κ2) is 4.46. The van der Waals surface area contributed by atoms with Crippen molar-refractivity contribution in [2.24, 2.45) is 0 Å². The van der Waals surface area contributed by atoms with E-state index in [1.54, 1.807) is 13.4 Å². The first-order valence-electron chi connectivity index (χ1n) is 5.15. The highest BCUT2D eigenvalue weighted by atomic mass is 35.5. The van der Waals surface area contributed by atoms with Crippen molar-refractivity contribution in [2.45, 2.75) is 19.4 Å². The van der Waals surface area contributed by atoms with E-state index in [1.165, 1.54) is 0 Å². The summed E-state index contributed by atoms with van der Waals surface area (Å²) >= 11 is 5.84. The van der Waals surface area contributed by atoms with Gasteiger partial charge in [-0.1, -0.05) is 0 Å². The molecular formula is C10H14ClN5O. The summed E-state index contributed by atoms with van der Waals surface area (Å²) < 4.78 is 5.14. The van der Waals surface area contributed by atoms with Gasteiger partial charge in [0.25, 0.3) is 0 Å². The van der Waals surface area contributed by atoms with Gasteiger partial charge < -0.3 is 15.0 Å². The quantitative estimate of drug-likeness (QED) is 0.816. The van der Waals surface area contributed by atoms with Crippen molar-refractivity contribution in [3.63, 3.8) is 0 Å². The fraction of sp³-hybridized carbons (Fsp3) is 0.500. The van der Waals surface area contributed by atoms with Crippen LogP contribution in [0.25, 0.3) is 11.2 Å². The second-order valence-corrected chi connectivity index (χ2v) is 4.72. The lowest BCUT2D eigenvalue weighted by atomic mass is 10.1. The van der Waals surface area contributed by atoms with E-state index >= 15 is 0 Å². The van der Waals surface area contributed by atoms with E-state index in [9.17, 15) is 0 Å². The van der Waals surface area contributed by atoms with Gasteiger partial charge in [0.2, 0.25) is 5.28 Å². The van der Waals surface area contributed by atoms with Crippen molar-refractivity contribution in [1.82, 2.24) is 19.9 Å². The van der Waals surface area contributed by atoms with Crippen molar-refractivity contribution in [3.8, 4) is 0 Å². The number of imidazole rings is 1. The Bertz CT molecular complexity index is 524. The average molecular weight is 256 g/mol. The maximum Gasteiger partial charge on any atom is 0.226 e. The lowest BCUT2D eigenvalue weighted by Crippen LogP contribution is -2.36. The molecule has 0 amide bonds. The Kier molecular flexibility index (Phi) is 3.17. The number of nitrogens with one attached hydrogen (secondary N) is 2. The molecule has 0 fully saturated rings. The summed E-state index contributed by atoms with van der Waals surface area (Å²) in [6.45, 7) is 4.56. The minimum absolute atomic E-state index is 0.167. The molecule has 6 nitrogen and oxygen atoms in total. The fourth-order valence-corrected chi connectivity index (χ4v) is 1.78. The summed E-state index contributed by atoms with van der Waals surface area (Å²) in [6, 6.07) is 0. The Hall–Kier alpha value is -1.40. The lowest BCUT2D eigenvalue weighted by molar-refractivity contribution is 0.158. The van der Waals surface area contributed by atoms with Crippen LogP contribution in [0.3, 0.4) is 0 Å². The first kappa shape index (κ1) is 12.1. The van der Waals surface area contributed by atoms with Crippen LogP contribution in [0.5, 0.6) is 0 Å². The Morgan fingerprint density at radius 1 is 1.47 bits per heavy atom. The smallest absolute Gasteiger partial charge is 0.226 e. The first-order chi connectivity index (χ1) is 8.02. The zero-order valence-corrected chi connectivity index (χ0v) is 10.7. The molecule has 2 N–H and O–H groups in total.